The maximum atomic E-state index is 12.7. The number of hydrogen-bond donors (Lipinski definition) is 2. The molecule has 3 saturated heterocycles. The lowest BCUT2D eigenvalue weighted by Gasteiger charge is -2.34. The Labute approximate surface area is 270 Å². The Balaban J connectivity index is 0.993. The average molecular weight is 635 g/mol. The molecule has 0 aliphatic carbocycles. The maximum absolute atomic E-state index is 12.7. The second-order valence-electron chi connectivity index (χ2n) is 13.5. The second-order valence-corrected chi connectivity index (χ2v) is 13.5. The number of carbonyl (C=O) groups excluding carboxylic acids is 4. The summed E-state index contributed by atoms with van der Waals surface area (Å²) in [6.45, 7) is 8.90. The summed E-state index contributed by atoms with van der Waals surface area (Å²) in [5, 5.41) is 5.91. The van der Waals surface area contributed by atoms with Crippen LogP contribution in [0.5, 0.6) is 0 Å². The van der Waals surface area contributed by atoms with Gasteiger partial charge in [-0.2, -0.15) is 0 Å². The zero-order valence-corrected chi connectivity index (χ0v) is 27.0. The Hall–Kier alpha value is -3.80. The maximum Gasteiger partial charge on any atom is 0.410 e. The number of carbonyl (C=O) groups is 4. The van der Waals surface area contributed by atoms with Crippen molar-refractivity contribution in [1.82, 2.24) is 9.80 Å². The molecule has 0 saturated carbocycles. The van der Waals surface area contributed by atoms with Crippen molar-refractivity contribution in [2.45, 2.75) is 77.4 Å². The molecule has 3 fully saturated rings. The van der Waals surface area contributed by atoms with E-state index in [1.807, 2.05) is 45.0 Å². The fourth-order valence-electron chi connectivity index (χ4n) is 6.17. The lowest BCUT2D eigenvalue weighted by Crippen LogP contribution is -2.43. The van der Waals surface area contributed by atoms with Gasteiger partial charge in [0, 0.05) is 61.5 Å². The van der Waals surface area contributed by atoms with Gasteiger partial charge in [-0.15, -0.1) is 0 Å². The molecule has 3 aliphatic heterocycles. The van der Waals surface area contributed by atoms with E-state index < -0.39 is 11.9 Å². The molecule has 2 N–H and O–H groups in total. The first kappa shape index (κ1) is 33.6. The van der Waals surface area contributed by atoms with Crippen LogP contribution >= 0.6 is 0 Å². The number of benzene rings is 2. The largest absolute Gasteiger partial charge is 0.444 e. The van der Waals surface area contributed by atoms with Gasteiger partial charge in [0.2, 0.25) is 11.8 Å². The van der Waals surface area contributed by atoms with Crippen molar-refractivity contribution in [2.24, 2.45) is 11.8 Å². The van der Waals surface area contributed by atoms with Gasteiger partial charge in [-0.1, -0.05) is 12.1 Å². The van der Waals surface area contributed by atoms with Gasteiger partial charge < -0.3 is 29.7 Å². The topological polar surface area (TPSA) is 127 Å². The van der Waals surface area contributed by atoms with E-state index in [4.69, 9.17) is 14.2 Å². The Morgan fingerprint density at radius 3 is 1.87 bits per heavy atom. The predicted octanol–water partition coefficient (Wildman–Crippen LogP) is 5.59. The number of nitrogens with zero attached hydrogens (tertiary/aromatic N) is 2. The Morgan fingerprint density at radius 1 is 0.826 bits per heavy atom. The summed E-state index contributed by atoms with van der Waals surface area (Å²) in [4.78, 5) is 52.4. The predicted molar refractivity (Wildman–Crippen MR) is 173 cm³/mol. The zero-order chi connectivity index (χ0) is 32.7. The summed E-state index contributed by atoms with van der Waals surface area (Å²) >= 11 is 0. The number of ether oxygens (including phenoxy) is 3. The quantitative estimate of drug-likeness (QED) is 0.342. The van der Waals surface area contributed by atoms with Crippen LogP contribution in [0.1, 0.15) is 81.5 Å². The van der Waals surface area contributed by atoms with Gasteiger partial charge >= 0.3 is 6.09 Å². The highest BCUT2D eigenvalue weighted by Gasteiger charge is 2.34. The molecule has 0 spiro atoms. The molecule has 248 valence electrons. The van der Waals surface area contributed by atoms with Crippen LogP contribution in [0.15, 0.2) is 48.5 Å². The minimum atomic E-state index is -0.518. The zero-order valence-electron chi connectivity index (χ0n) is 27.0. The Bertz CT molecular complexity index is 1340. The molecule has 0 radical (unpaired) electrons. The lowest BCUT2D eigenvalue weighted by atomic mass is 9.93. The number of amides is 3. The van der Waals surface area contributed by atoms with Gasteiger partial charge in [0.25, 0.3) is 0 Å². The summed E-state index contributed by atoms with van der Waals surface area (Å²) in [5.41, 5.74) is 2.37. The van der Waals surface area contributed by atoms with Gasteiger partial charge in [0.15, 0.2) is 6.29 Å². The first-order valence-electron chi connectivity index (χ1n) is 16.3. The number of nitrogens with one attached hydrogen (secondary N) is 2. The Morgan fingerprint density at radius 2 is 1.35 bits per heavy atom. The average Bonchev–Trinajstić information content (AvgIpc) is 3.52. The normalized spacial score (nSPS) is 21.5. The van der Waals surface area contributed by atoms with E-state index in [1.54, 1.807) is 29.2 Å². The van der Waals surface area contributed by atoms with Gasteiger partial charge in [0.05, 0.1) is 6.61 Å². The number of anilines is 2. The van der Waals surface area contributed by atoms with Crippen molar-refractivity contribution in [2.75, 3.05) is 43.4 Å². The van der Waals surface area contributed by atoms with Crippen molar-refractivity contribution in [3.8, 4) is 0 Å². The summed E-state index contributed by atoms with van der Waals surface area (Å²) < 4.78 is 17.7. The number of likely N-dealkylation sites (tertiary alicyclic amines) is 2. The lowest BCUT2D eigenvalue weighted by molar-refractivity contribution is -0.118. The first-order valence-corrected chi connectivity index (χ1v) is 16.3. The van der Waals surface area contributed by atoms with Crippen LogP contribution in [0, 0.1) is 11.8 Å². The van der Waals surface area contributed by atoms with Crippen molar-refractivity contribution < 1.29 is 33.4 Å². The van der Waals surface area contributed by atoms with E-state index in [2.05, 4.69) is 15.5 Å². The first-order chi connectivity index (χ1) is 22.0. The minimum Gasteiger partial charge on any atom is -0.444 e. The standard InChI is InChI=1S/C35H46N4O7/c1-35(2,3)46-34(43)39-18-14-25(15-19-39)21-31(42)37-29-10-6-27(7-11-29)33-44-23-32(45-33)38-16-12-24(13-17-38)20-30(41)36-28-8-4-26(22-40)5-9-28/h4-11,22,24-25,32-33H,12-21,23H2,1-3H3,(H,36,41)(H,37,42). The van der Waals surface area contributed by atoms with Crippen LogP contribution in [0.25, 0.3) is 0 Å². The van der Waals surface area contributed by atoms with Crippen LogP contribution < -0.4 is 10.6 Å². The second kappa shape index (κ2) is 15.2. The van der Waals surface area contributed by atoms with E-state index in [0.717, 1.165) is 56.3 Å². The fourth-order valence-corrected chi connectivity index (χ4v) is 6.17. The number of piperidine rings is 2. The molecule has 11 heteroatoms. The third-order valence-corrected chi connectivity index (χ3v) is 8.74. The molecule has 3 aliphatic rings. The van der Waals surface area contributed by atoms with Gasteiger partial charge in [-0.05, 0) is 94.7 Å². The van der Waals surface area contributed by atoms with E-state index in [-0.39, 0.29) is 30.1 Å². The van der Waals surface area contributed by atoms with E-state index >= 15 is 0 Å². The number of rotatable bonds is 9. The molecule has 11 nitrogen and oxygen atoms in total. The summed E-state index contributed by atoms with van der Waals surface area (Å²) in [7, 11) is 0. The highest BCUT2D eigenvalue weighted by molar-refractivity contribution is 5.91. The van der Waals surface area contributed by atoms with Crippen LogP contribution in [0.2, 0.25) is 0 Å². The molecule has 5 rings (SSSR count). The van der Waals surface area contributed by atoms with Crippen molar-refractivity contribution >= 4 is 35.6 Å². The van der Waals surface area contributed by atoms with Crippen LogP contribution in [-0.4, -0.2) is 78.6 Å². The van der Waals surface area contributed by atoms with Crippen LogP contribution in [0.3, 0.4) is 0 Å². The van der Waals surface area contributed by atoms with Gasteiger partial charge in [0.1, 0.15) is 18.1 Å². The van der Waals surface area contributed by atoms with Crippen LogP contribution in [0.4, 0.5) is 16.2 Å². The monoisotopic (exact) mass is 634 g/mol. The molecule has 3 amide bonds. The van der Waals surface area contributed by atoms with Gasteiger partial charge in [-0.3, -0.25) is 19.3 Å². The molecule has 0 bridgehead atoms. The van der Waals surface area contributed by atoms with Crippen molar-refractivity contribution in [3.63, 3.8) is 0 Å². The fraction of sp³-hybridized carbons (Fsp3) is 0.543. The van der Waals surface area contributed by atoms with E-state index in [9.17, 15) is 19.2 Å². The summed E-state index contributed by atoms with van der Waals surface area (Å²) in [6.07, 6.45) is 4.10. The van der Waals surface area contributed by atoms with Crippen molar-refractivity contribution in [1.29, 1.82) is 0 Å². The minimum absolute atomic E-state index is 0.0157. The molecule has 2 aromatic rings. The SMILES string of the molecule is CC(C)(C)OC(=O)N1CCC(CC(=O)Nc2ccc(C3OCC(N4CCC(CC(=O)Nc5ccc(C=O)cc5)CC4)O3)cc2)CC1. The highest BCUT2D eigenvalue weighted by Crippen LogP contribution is 2.32. The Kier molecular flexibility index (Phi) is 11.1. The molecule has 3 heterocycles. The van der Waals surface area contributed by atoms with Gasteiger partial charge in [-0.25, -0.2) is 4.79 Å². The smallest absolute Gasteiger partial charge is 0.410 e. The third kappa shape index (κ3) is 9.60. The molecule has 0 aromatic heterocycles. The van der Waals surface area contributed by atoms with Crippen molar-refractivity contribution in [3.05, 3.63) is 59.7 Å². The number of aldehydes is 1. The highest BCUT2D eigenvalue weighted by atomic mass is 16.7. The van der Waals surface area contributed by atoms with E-state index in [0.29, 0.717) is 49.7 Å². The molecular formula is C35H46N4O7. The molecule has 46 heavy (non-hydrogen) atoms. The number of hydrogen-bond acceptors (Lipinski definition) is 8. The summed E-state index contributed by atoms with van der Waals surface area (Å²) in [5.74, 6) is 0.478. The molecule has 2 aromatic carbocycles. The summed E-state index contributed by atoms with van der Waals surface area (Å²) in [6, 6.07) is 14.4. The molecule has 2 atom stereocenters. The molecular weight excluding hydrogens is 588 g/mol. The third-order valence-electron chi connectivity index (χ3n) is 8.74. The van der Waals surface area contributed by atoms with E-state index in [1.165, 1.54) is 0 Å². The van der Waals surface area contributed by atoms with Crippen LogP contribution in [-0.2, 0) is 23.8 Å². The molecule has 2 unspecified atom stereocenters.